The van der Waals surface area contributed by atoms with Crippen LogP contribution in [0.5, 0.6) is 11.8 Å². The van der Waals surface area contributed by atoms with E-state index in [2.05, 4.69) is 30.3 Å². The number of ether oxygens (including phenoxy) is 1. The fourth-order valence-electron chi connectivity index (χ4n) is 4.69. The van der Waals surface area contributed by atoms with Gasteiger partial charge in [0.25, 0.3) is 0 Å². The number of piperidine rings is 1. The van der Waals surface area contributed by atoms with Crippen LogP contribution in [0.25, 0.3) is 6.20 Å². The van der Waals surface area contributed by atoms with Gasteiger partial charge in [0.1, 0.15) is 30.0 Å². The van der Waals surface area contributed by atoms with Crippen LogP contribution < -0.4 is 15.0 Å². The minimum atomic E-state index is -0.551. The molecule has 33 heavy (non-hydrogen) atoms. The van der Waals surface area contributed by atoms with Gasteiger partial charge in [0, 0.05) is 42.0 Å². The Morgan fingerprint density at radius 1 is 1.15 bits per heavy atom. The molecule has 1 unspecified atom stereocenters. The second kappa shape index (κ2) is 8.93. The van der Waals surface area contributed by atoms with E-state index in [1.165, 1.54) is 18.2 Å². The molecule has 1 saturated carbocycles. The normalized spacial score (nSPS) is 22.2. The van der Waals surface area contributed by atoms with E-state index in [-0.39, 0.29) is 22.8 Å². The van der Waals surface area contributed by atoms with Gasteiger partial charge in [-0.2, -0.15) is 9.67 Å². The van der Waals surface area contributed by atoms with Crippen molar-refractivity contribution in [2.45, 2.75) is 25.8 Å². The van der Waals surface area contributed by atoms with Gasteiger partial charge in [-0.15, -0.1) is 5.10 Å². The number of hydrogen-bond acceptors (Lipinski definition) is 7. The van der Waals surface area contributed by atoms with Crippen molar-refractivity contribution in [2.75, 3.05) is 23.3 Å². The number of benzene rings is 1. The van der Waals surface area contributed by atoms with Crippen LogP contribution in [-0.4, -0.2) is 43.9 Å². The third-order valence-corrected chi connectivity index (χ3v) is 6.30. The van der Waals surface area contributed by atoms with Gasteiger partial charge < -0.3 is 15.0 Å². The highest BCUT2D eigenvalue weighted by molar-refractivity contribution is 6.30. The summed E-state index contributed by atoms with van der Waals surface area (Å²) in [4.78, 5) is 15.3. The smallest absolute Gasteiger partial charge is 0.326 e. The molecule has 2 fully saturated rings. The molecule has 2 bridgehead atoms. The molecular weight excluding hydrogens is 452 g/mol. The average molecular weight is 474 g/mol. The van der Waals surface area contributed by atoms with E-state index >= 15 is 0 Å². The number of aryl methyl sites for hydroxylation is 1. The first-order chi connectivity index (χ1) is 16.0. The maximum absolute atomic E-state index is 13.7. The summed E-state index contributed by atoms with van der Waals surface area (Å²) in [6.07, 6.45) is 5.16. The topological polar surface area (TPSA) is 81.0 Å². The standard InChI is InChI=1S/C22H22ClF2N7O/c1-13-6-19(27-12-26-13)31-10-14-2-3-15(11-31)20(14)28-21-29-22(32(30-21)5-4-24)33-18-8-16(23)7-17(25)9-18/h4-9,12,14-15,20H,2-3,10-11H2,1H3,(H,28,30)/t14-,15+,20?. The molecule has 2 aliphatic rings. The zero-order valence-electron chi connectivity index (χ0n) is 17.8. The molecule has 3 aromatic rings. The first-order valence-corrected chi connectivity index (χ1v) is 11.0. The summed E-state index contributed by atoms with van der Waals surface area (Å²) in [6, 6.07) is 5.95. The van der Waals surface area contributed by atoms with Gasteiger partial charge in [0.05, 0.1) is 6.20 Å². The first-order valence-electron chi connectivity index (χ1n) is 10.7. The van der Waals surface area contributed by atoms with E-state index in [1.807, 2.05) is 13.0 Å². The van der Waals surface area contributed by atoms with Crippen molar-refractivity contribution < 1.29 is 13.5 Å². The van der Waals surface area contributed by atoms with Crippen LogP contribution in [-0.2, 0) is 0 Å². The molecule has 1 N–H and O–H groups in total. The summed E-state index contributed by atoms with van der Waals surface area (Å²) in [5.41, 5.74) is 0.940. The van der Waals surface area contributed by atoms with Crippen molar-refractivity contribution in [1.29, 1.82) is 0 Å². The number of halogens is 3. The Kier molecular flexibility index (Phi) is 5.84. The van der Waals surface area contributed by atoms with Gasteiger partial charge >= 0.3 is 6.01 Å². The number of hydrogen-bond donors (Lipinski definition) is 1. The zero-order valence-corrected chi connectivity index (χ0v) is 18.6. The monoisotopic (exact) mass is 473 g/mol. The highest BCUT2D eigenvalue weighted by Gasteiger charge is 2.43. The molecule has 5 rings (SSSR count). The maximum Gasteiger partial charge on any atom is 0.326 e. The first kappa shape index (κ1) is 21.6. The number of nitrogens with zero attached hydrogens (tertiary/aromatic N) is 6. The highest BCUT2D eigenvalue weighted by atomic mass is 35.5. The Morgan fingerprint density at radius 2 is 1.94 bits per heavy atom. The minimum absolute atomic E-state index is 0.00527. The maximum atomic E-state index is 13.7. The van der Waals surface area contributed by atoms with Crippen molar-refractivity contribution in [3.05, 3.63) is 53.5 Å². The molecule has 2 aromatic heterocycles. The van der Waals surface area contributed by atoms with Crippen LogP contribution >= 0.6 is 11.6 Å². The van der Waals surface area contributed by atoms with Crippen molar-refractivity contribution in [3.8, 4) is 11.8 Å². The predicted octanol–water partition coefficient (Wildman–Crippen LogP) is 4.69. The van der Waals surface area contributed by atoms with Gasteiger partial charge in [-0.05, 0) is 43.7 Å². The number of nitrogens with one attached hydrogen (secondary N) is 1. The van der Waals surface area contributed by atoms with E-state index in [9.17, 15) is 8.78 Å². The number of aromatic nitrogens is 5. The van der Waals surface area contributed by atoms with E-state index in [1.54, 1.807) is 6.33 Å². The van der Waals surface area contributed by atoms with Crippen LogP contribution in [0, 0.1) is 24.6 Å². The third kappa shape index (κ3) is 4.61. The Labute approximate surface area is 194 Å². The Morgan fingerprint density at radius 3 is 2.64 bits per heavy atom. The third-order valence-electron chi connectivity index (χ3n) is 6.09. The van der Waals surface area contributed by atoms with Crippen molar-refractivity contribution >= 4 is 29.6 Å². The molecule has 1 aromatic carbocycles. The molecule has 0 amide bonds. The highest BCUT2D eigenvalue weighted by Crippen LogP contribution is 2.40. The SMILES string of the molecule is Cc1cc(N2C[C@H]3CC[C@@H](C2)C3Nc2nc(Oc3cc(F)cc(Cl)c3)n(C=CF)n2)ncn1. The van der Waals surface area contributed by atoms with E-state index in [4.69, 9.17) is 16.3 Å². The van der Waals surface area contributed by atoms with Crippen molar-refractivity contribution in [2.24, 2.45) is 11.8 Å². The average Bonchev–Trinajstić information content (AvgIpc) is 3.22. The van der Waals surface area contributed by atoms with Crippen LogP contribution in [0.3, 0.4) is 0 Å². The van der Waals surface area contributed by atoms with Gasteiger partial charge in [-0.1, -0.05) is 11.6 Å². The number of anilines is 2. The summed E-state index contributed by atoms with van der Waals surface area (Å²) in [5.74, 6) is 1.62. The molecule has 172 valence electrons. The molecule has 3 atom stereocenters. The van der Waals surface area contributed by atoms with E-state index in [0.717, 1.165) is 48.3 Å². The fourth-order valence-corrected chi connectivity index (χ4v) is 4.90. The zero-order chi connectivity index (χ0) is 22.9. The number of fused-ring (bicyclic) bond motifs is 2. The lowest BCUT2D eigenvalue weighted by atomic mass is 9.92. The summed E-state index contributed by atoms with van der Waals surface area (Å²) < 4.78 is 33.4. The summed E-state index contributed by atoms with van der Waals surface area (Å²) >= 11 is 5.89. The Hall–Kier alpha value is -3.27. The van der Waals surface area contributed by atoms with Gasteiger partial charge in [0.2, 0.25) is 5.95 Å². The van der Waals surface area contributed by atoms with Gasteiger partial charge in [0.15, 0.2) is 0 Å². The molecule has 3 heterocycles. The quantitative estimate of drug-likeness (QED) is 0.556. The lowest BCUT2D eigenvalue weighted by Crippen LogP contribution is -2.48. The van der Waals surface area contributed by atoms with E-state index in [0.29, 0.717) is 24.1 Å². The summed E-state index contributed by atoms with van der Waals surface area (Å²) in [6.45, 7) is 3.68. The molecule has 1 aliphatic heterocycles. The molecule has 1 saturated heterocycles. The largest absolute Gasteiger partial charge is 0.424 e. The van der Waals surface area contributed by atoms with Crippen LogP contribution in [0.2, 0.25) is 5.02 Å². The van der Waals surface area contributed by atoms with Crippen molar-refractivity contribution in [1.82, 2.24) is 24.7 Å². The molecule has 0 radical (unpaired) electrons. The second-order valence-corrected chi connectivity index (χ2v) is 8.77. The number of rotatable bonds is 6. The van der Waals surface area contributed by atoms with Crippen LogP contribution in [0.4, 0.5) is 20.5 Å². The van der Waals surface area contributed by atoms with Crippen LogP contribution in [0.1, 0.15) is 18.5 Å². The van der Waals surface area contributed by atoms with Crippen molar-refractivity contribution in [3.63, 3.8) is 0 Å². The molecule has 11 heteroatoms. The molecule has 8 nitrogen and oxygen atoms in total. The Bertz CT molecular complexity index is 1150. The minimum Gasteiger partial charge on any atom is -0.424 e. The fraction of sp³-hybridized carbons (Fsp3) is 0.364. The second-order valence-electron chi connectivity index (χ2n) is 8.34. The van der Waals surface area contributed by atoms with Crippen LogP contribution in [0.15, 0.2) is 36.9 Å². The molecule has 0 spiro atoms. The Balaban J connectivity index is 1.33. The van der Waals surface area contributed by atoms with E-state index < -0.39 is 5.82 Å². The molecule has 1 aliphatic carbocycles. The summed E-state index contributed by atoms with van der Waals surface area (Å²) in [5, 5.41) is 7.90. The predicted molar refractivity (Wildman–Crippen MR) is 121 cm³/mol. The van der Waals surface area contributed by atoms with Gasteiger partial charge in [-0.3, -0.25) is 0 Å². The molecular formula is C22H22ClF2N7O. The van der Waals surface area contributed by atoms with Gasteiger partial charge in [-0.25, -0.2) is 18.7 Å². The summed E-state index contributed by atoms with van der Waals surface area (Å²) in [7, 11) is 0. The lowest BCUT2D eigenvalue weighted by molar-refractivity contribution is 0.374. The lowest BCUT2D eigenvalue weighted by Gasteiger charge is -2.38.